The van der Waals surface area contributed by atoms with Gasteiger partial charge in [0.05, 0.1) is 32.6 Å². The van der Waals surface area contributed by atoms with Gasteiger partial charge in [0, 0.05) is 11.1 Å². The molecule has 3 aromatic rings. The minimum Gasteiger partial charge on any atom is -0.497 e. The van der Waals surface area contributed by atoms with Gasteiger partial charge in [-0.25, -0.2) is 9.78 Å². The lowest BCUT2D eigenvalue weighted by molar-refractivity contribution is 0.0511. The van der Waals surface area contributed by atoms with Crippen molar-refractivity contribution < 1.29 is 23.7 Å². The monoisotopic (exact) mass is 500 g/mol. The van der Waals surface area contributed by atoms with E-state index in [2.05, 4.69) is 20.8 Å². The lowest BCUT2D eigenvalue weighted by Crippen LogP contribution is -2.13. The number of hydrogen-bond donors (Lipinski definition) is 0. The summed E-state index contributed by atoms with van der Waals surface area (Å²) < 4.78 is 25.3. The number of carbonyl (C=O) groups excluding carboxylic acids is 1. The highest BCUT2D eigenvalue weighted by atomic mass is 32.1. The smallest absolute Gasteiger partial charge is 0.359 e. The minimum absolute atomic E-state index is 0.250. The third-order valence-electron chi connectivity index (χ3n) is 5.49. The maximum atomic E-state index is 13.4. The Morgan fingerprint density at radius 1 is 0.971 bits per heavy atom. The van der Waals surface area contributed by atoms with Crippen LogP contribution in [0.4, 0.5) is 0 Å². The summed E-state index contributed by atoms with van der Waals surface area (Å²) in [5.41, 5.74) is 2.76. The van der Waals surface area contributed by atoms with Crippen molar-refractivity contribution in [1.29, 1.82) is 0 Å². The molecule has 0 aliphatic rings. The third-order valence-corrected chi connectivity index (χ3v) is 6.39. The first-order valence-electron chi connectivity index (χ1n) is 12.4. The zero-order chi connectivity index (χ0) is 25.2. The van der Waals surface area contributed by atoms with Crippen LogP contribution in [0.1, 0.15) is 69.6 Å². The highest BCUT2D eigenvalue weighted by molar-refractivity contribution is 7.13. The van der Waals surface area contributed by atoms with Crippen LogP contribution in [0.15, 0.2) is 29.6 Å². The van der Waals surface area contributed by atoms with Crippen LogP contribution in [0.5, 0.6) is 17.2 Å². The summed E-state index contributed by atoms with van der Waals surface area (Å²) in [6, 6.07) is 7.54. The van der Waals surface area contributed by atoms with Gasteiger partial charge >= 0.3 is 5.97 Å². The van der Waals surface area contributed by atoms with E-state index < -0.39 is 5.97 Å². The summed E-state index contributed by atoms with van der Waals surface area (Å²) in [6.07, 6.45) is 4.52. The van der Waals surface area contributed by atoms with E-state index in [0.717, 1.165) is 54.2 Å². The molecule has 0 bridgehead atoms. The second-order valence-electron chi connectivity index (χ2n) is 8.01. The number of methoxy groups -OCH3 is 1. The Labute approximate surface area is 212 Å². The van der Waals surface area contributed by atoms with Gasteiger partial charge in [-0.05, 0) is 50.5 Å². The number of esters is 1. The molecule has 0 fully saturated rings. The van der Waals surface area contributed by atoms with Crippen LogP contribution < -0.4 is 14.2 Å². The number of ether oxygens (including phenoxy) is 4. The van der Waals surface area contributed by atoms with Crippen LogP contribution in [0.25, 0.3) is 16.4 Å². The van der Waals surface area contributed by atoms with Crippen molar-refractivity contribution in [2.75, 3.05) is 26.9 Å². The molecule has 0 aliphatic carbocycles. The number of aryl methyl sites for hydroxylation is 1. The van der Waals surface area contributed by atoms with E-state index in [1.807, 2.05) is 34.2 Å². The predicted octanol–water partition coefficient (Wildman–Crippen LogP) is 6.71. The Hall–Kier alpha value is -3.00. The van der Waals surface area contributed by atoms with Crippen LogP contribution in [-0.4, -0.2) is 42.5 Å². The summed E-state index contributed by atoms with van der Waals surface area (Å²) >= 11 is 1.53. The van der Waals surface area contributed by atoms with Crippen LogP contribution >= 0.6 is 11.3 Å². The van der Waals surface area contributed by atoms with Crippen molar-refractivity contribution in [3.05, 3.63) is 41.0 Å². The Morgan fingerprint density at radius 3 is 2.17 bits per heavy atom. The Morgan fingerprint density at radius 2 is 1.63 bits per heavy atom. The zero-order valence-electron chi connectivity index (χ0n) is 21.4. The molecule has 0 unspecified atom stereocenters. The molecule has 0 saturated carbocycles. The number of benzene rings is 1. The molecule has 0 N–H and O–H groups in total. The molecule has 2 heterocycles. The fourth-order valence-corrected chi connectivity index (χ4v) is 4.51. The molecule has 0 spiro atoms. The fourth-order valence-electron chi connectivity index (χ4n) is 3.58. The summed E-state index contributed by atoms with van der Waals surface area (Å²) in [4.78, 5) is 18.2. The molecule has 190 valence electrons. The molecule has 0 amide bonds. The van der Waals surface area contributed by atoms with E-state index in [9.17, 15) is 4.79 Å². The number of aromatic nitrogens is 2. The van der Waals surface area contributed by atoms with Crippen LogP contribution in [0, 0.1) is 0 Å². The average molecular weight is 501 g/mol. The number of nitrogens with zero attached hydrogens (tertiary/aromatic N) is 2. The Kier molecular flexibility index (Phi) is 10.0. The van der Waals surface area contributed by atoms with Crippen LogP contribution in [0.3, 0.4) is 0 Å². The van der Waals surface area contributed by atoms with Crippen molar-refractivity contribution in [3.63, 3.8) is 0 Å². The highest BCUT2D eigenvalue weighted by Gasteiger charge is 2.34. The van der Waals surface area contributed by atoms with Gasteiger partial charge in [-0.3, -0.25) is 4.57 Å². The van der Waals surface area contributed by atoms with Gasteiger partial charge in [0.2, 0.25) is 0 Å². The standard InChI is InChI=1S/C27H36N2O5S/c1-6-10-16-33-24-22(26-28-19(8-3)18-35-26)29(20-12-14-21(31-5)15-13-20)23(27(30)32-9-4)25(24)34-17-11-7-2/h12-15,18H,6-11,16-17H2,1-5H3. The molecule has 2 aromatic heterocycles. The summed E-state index contributed by atoms with van der Waals surface area (Å²) in [6.45, 7) is 9.31. The topological polar surface area (TPSA) is 71.8 Å². The fraction of sp³-hybridized carbons (Fsp3) is 0.481. The summed E-state index contributed by atoms with van der Waals surface area (Å²) in [5.74, 6) is 1.20. The van der Waals surface area contributed by atoms with E-state index in [1.165, 1.54) is 11.3 Å². The van der Waals surface area contributed by atoms with Gasteiger partial charge in [-0.2, -0.15) is 0 Å². The van der Waals surface area contributed by atoms with E-state index >= 15 is 0 Å². The van der Waals surface area contributed by atoms with E-state index in [0.29, 0.717) is 36.1 Å². The predicted molar refractivity (Wildman–Crippen MR) is 140 cm³/mol. The molecule has 1 aromatic carbocycles. The molecule has 0 aliphatic heterocycles. The number of hydrogen-bond acceptors (Lipinski definition) is 7. The van der Waals surface area contributed by atoms with E-state index in [1.54, 1.807) is 14.0 Å². The largest absolute Gasteiger partial charge is 0.497 e. The molecule has 7 nitrogen and oxygen atoms in total. The second-order valence-corrected chi connectivity index (χ2v) is 8.87. The summed E-state index contributed by atoms with van der Waals surface area (Å²) in [7, 11) is 1.63. The normalized spacial score (nSPS) is 10.9. The van der Waals surface area contributed by atoms with Gasteiger partial charge in [0.1, 0.15) is 16.5 Å². The quantitative estimate of drug-likeness (QED) is 0.181. The molecule has 0 atom stereocenters. The molecule has 8 heteroatoms. The van der Waals surface area contributed by atoms with Crippen molar-refractivity contribution in [1.82, 2.24) is 9.55 Å². The van der Waals surface area contributed by atoms with Crippen LogP contribution in [-0.2, 0) is 11.2 Å². The lowest BCUT2D eigenvalue weighted by Gasteiger charge is -2.13. The van der Waals surface area contributed by atoms with Crippen LogP contribution in [0.2, 0.25) is 0 Å². The van der Waals surface area contributed by atoms with Crippen molar-refractivity contribution in [2.45, 2.75) is 59.8 Å². The highest BCUT2D eigenvalue weighted by Crippen LogP contribution is 2.47. The molecule has 35 heavy (non-hydrogen) atoms. The first kappa shape index (κ1) is 26.6. The maximum absolute atomic E-state index is 13.4. The average Bonchev–Trinajstić information content (AvgIpc) is 3.47. The van der Waals surface area contributed by atoms with Crippen molar-refractivity contribution in [3.8, 4) is 33.6 Å². The van der Waals surface area contributed by atoms with E-state index in [4.69, 9.17) is 23.9 Å². The van der Waals surface area contributed by atoms with Gasteiger partial charge in [-0.1, -0.05) is 33.6 Å². The first-order valence-corrected chi connectivity index (χ1v) is 13.3. The number of thiazole rings is 1. The summed E-state index contributed by atoms with van der Waals surface area (Å²) in [5, 5.41) is 2.80. The number of rotatable bonds is 14. The number of unbranched alkanes of at least 4 members (excludes halogenated alkanes) is 2. The zero-order valence-corrected chi connectivity index (χ0v) is 22.2. The molecular weight excluding hydrogens is 464 g/mol. The van der Waals surface area contributed by atoms with Gasteiger partial charge in [0.15, 0.2) is 17.2 Å². The molecular formula is C27H36N2O5S. The first-order chi connectivity index (χ1) is 17.1. The van der Waals surface area contributed by atoms with Gasteiger partial charge in [0.25, 0.3) is 0 Å². The maximum Gasteiger partial charge on any atom is 0.359 e. The Bertz CT molecular complexity index is 1090. The number of carbonyl (C=O) groups is 1. The van der Waals surface area contributed by atoms with Gasteiger partial charge in [-0.15, -0.1) is 11.3 Å². The minimum atomic E-state index is -0.464. The molecule has 0 radical (unpaired) electrons. The Balaban J connectivity index is 2.33. The second kappa shape index (κ2) is 13.2. The molecule has 0 saturated heterocycles. The van der Waals surface area contributed by atoms with Gasteiger partial charge < -0.3 is 18.9 Å². The van der Waals surface area contributed by atoms with Crippen molar-refractivity contribution >= 4 is 17.3 Å². The molecule has 3 rings (SSSR count). The lowest BCUT2D eigenvalue weighted by atomic mass is 10.2. The SMILES string of the molecule is CCCCOc1c(OCCCC)c(-c2nc(CC)cs2)n(-c2ccc(OC)cc2)c1C(=O)OCC. The van der Waals surface area contributed by atoms with E-state index in [-0.39, 0.29) is 6.61 Å². The third kappa shape index (κ3) is 6.17. The van der Waals surface area contributed by atoms with Crippen molar-refractivity contribution in [2.24, 2.45) is 0 Å².